The summed E-state index contributed by atoms with van der Waals surface area (Å²) in [5, 5.41) is 4.65. The van der Waals surface area contributed by atoms with E-state index in [0.717, 1.165) is 11.3 Å². The largest absolute Gasteiger partial charge is 0.465 e. The summed E-state index contributed by atoms with van der Waals surface area (Å²) in [6.07, 6.45) is 1.44. The summed E-state index contributed by atoms with van der Waals surface area (Å²) < 4.78 is 4.66. The summed E-state index contributed by atoms with van der Waals surface area (Å²) in [5.74, 6) is -0.172. The molecule has 0 unspecified atom stereocenters. The van der Waals surface area contributed by atoms with Gasteiger partial charge in [0.25, 0.3) is 0 Å². The van der Waals surface area contributed by atoms with Crippen molar-refractivity contribution in [3.05, 3.63) is 38.6 Å². The Labute approximate surface area is 112 Å². The molecule has 0 saturated heterocycles. The van der Waals surface area contributed by atoms with Crippen LogP contribution in [-0.4, -0.2) is 23.0 Å². The number of thiazole rings is 1. The smallest absolute Gasteiger partial charge is 0.341 e. The average Bonchev–Trinajstić information content (AvgIpc) is 2.82. The summed E-state index contributed by atoms with van der Waals surface area (Å²) in [6.45, 7) is 0.347. The van der Waals surface area contributed by atoms with Gasteiger partial charge in [-0.25, -0.2) is 9.78 Å². The van der Waals surface area contributed by atoms with E-state index in [2.05, 4.69) is 20.0 Å². The van der Waals surface area contributed by atoms with E-state index >= 15 is 0 Å². The van der Waals surface area contributed by atoms with E-state index in [1.165, 1.54) is 19.4 Å². The number of nitrogens with one attached hydrogen (secondary N) is 2. The number of ether oxygens (including phenoxy) is 1. The van der Waals surface area contributed by atoms with E-state index < -0.39 is 5.97 Å². The van der Waals surface area contributed by atoms with Gasteiger partial charge in [0, 0.05) is 11.1 Å². The van der Waals surface area contributed by atoms with Crippen LogP contribution in [0.15, 0.2) is 22.4 Å². The van der Waals surface area contributed by atoms with Crippen LogP contribution in [0.2, 0.25) is 0 Å². The van der Waals surface area contributed by atoms with Crippen molar-refractivity contribution in [1.29, 1.82) is 0 Å². The lowest BCUT2D eigenvalue weighted by Crippen LogP contribution is -2.11. The molecule has 7 nitrogen and oxygen atoms in total. The van der Waals surface area contributed by atoms with Crippen LogP contribution in [0, 0.1) is 0 Å². The molecule has 100 valence electrons. The minimum absolute atomic E-state index is 0.129. The Bertz CT molecular complexity index is 649. The molecule has 0 fully saturated rings. The predicted octanol–water partition coefficient (Wildman–Crippen LogP) is 0.812. The molecule has 8 heteroatoms. The Hall–Kier alpha value is -2.35. The Kier molecular flexibility index (Phi) is 3.81. The molecule has 0 amide bonds. The van der Waals surface area contributed by atoms with Gasteiger partial charge in [0.15, 0.2) is 0 Å². The number of esters is 1. The molecule has 0 spiro atoms. The number of nitrogen functional groups attached to an aromatic ring is 1. The number of nitrogens with two attached hydrogens (primary N) is 1. The summed E-state index contributed by atoms with van der Waals surface area (Å²) in [7, 11) is 1.28. The van der Waals surface area contributed by atoms with Gasteiger partial charge < -0.3 is 20.8 Å². The molecule has 0 aromatic carbocycles. The Morgan fingerprint density at radius 3 is 3.05 bits per heavy atom. The van der Waals surface area contributed by atoms with Gasteiger partial charge in [-0.2, -0.15) is 0 Å². The van der Waals surface area contributed by atoms with E-state index in [0.29, 0.717) is 23.7 Å². The van der Waals surface area contributed by atoms with Crippen molar-refractivity contribution in [2.45, 2.75) is 6.54 Å². The van der Waals surface area contributed by atoms with Crippen molar-refractivity contribution in [3.8, 4) is 0 Å². The molecule has 0 aliphatic heterocycles. The quantitative estimate of drug-likeness (QED) is 0.715. The van der Waals surface area contributed by atoms with Crippen LogP contribution >= 0.6 is 11.3 Å². The van der Waals surface area contributed by atoms with Gasteiger partial charge in [-0.1, -0.05) is 11.3 Å². The fourth-order valence-electron chi connectivity index (χ4n) is 1.47. The van der Waals surface area contributed by atoms with Gasteiger partial charge in [0.2, 0.25) is 0 Å². The molecule has 0 aliphatic carbocycles. The number of methoxy groups -OCH3 is 1. The van der Waals surface area contributed by atoms with Crippen LogP contribution < -0.4 is 15.9 Å². The Morgan fingerprint density at radius 2 is 2.42 bits per heavy atom. The first-order chi connectivity index (χ1) is 9.10. The normalized spacial score (nSPS) is 10.2. The highest BCUT2D eigenvalue weighted by Crippen LogP contribution is 2.17. The second-order valence-corrected chi connectivity index (χ2v) is 4.53. The van der Waals surface area contributed by atoms with Gasteiger partial charge in [-0.3, -0.25) is 4.79 Å². The van der Waals surface area contributed by atoms with Gasteiger partial charge in [-0.15, -0.1) is 0 Å². The molecule has 0 saturated carbocycles. The first-order valence-electron chi connectivity index (χ1n) is 5.34. The van der Waals surface area contributed by atoms with Crippen molar-refractivity contribution in [2.24, 2.45) is 0 Å². The van der Waals surface area contributed by atoms with Crippen molar-refractivity contribution < 1.29 is 9.53 Å². The molecule has 4 N–H and O–H groups in total. The van der Waals surface area contributed by atoms with Gasteiger partial charge in [-0.05, 0) is 6.07 Å². The maximum atomic E-state index is 11.6. The van der Waals surface area contributed by atoms with Crippen molar-refractivity contribution in [2.75, 3.05) is 18.2 Å². The number of nitrogens with zero attached hydrogens (tertiary/aromatic N) is 1. The summed E-state index contributed by atoms with van der Waals surface area (Å²) in [5.41, 5.74) is 6.92. The SMILES string of the molecule is COC(=O)c1cc(N)cnc1NCc1csc(=O)[nH]1. The topological polar surface area (TPSA) is 110 Å². The molecule has 0 radical (unpaired) electrons. The number of rotatable bonds is 4. The Morgan fingerprint density at radius 1 is 1.63 bits per heavy atom. The number of hydrogen-bond donors (Lipinski definition) is 3. The second kappa shape index (κ2) is 5.53. The number of H-pyrrole nitrogens is 1. The number of aromatic amines is 1. The lowest BCUT2D eigenvalue weighted by Gasteiger charge is -2.09. The van der Waals surface area contributed by atoms with Gasteiger partial charge in [0.1, 0.15) is 11.4 Å². The lowest BCUT2D eigenvalue weighted by molar-refractivity contribution is 0.0601. The molecular formula is C11H12N4O3S. The van der Waals surface area contributed by atoms with Crippen LogP contribution in [0.1, 0.15) is 16.1 Å². The molecule has 0 aliphatic rings. The van der Waals surface area contributed by atoms with Crippen molar-refractivity contribution >= 4 is 28.8 Å². The molecule has 2 aromatic heterocycles. The number of carbonyl (C=O) groups is 1. The second-order valence-electron chi connectivity index (χ2n) is 3.68. The number of aromatic nitrogens is 2. The standard InChI is InChI=1S/C11H12N4O3S/c1-18-10(16)8-2-6(12)3-13-9(8)14-4-7-5-19-11(17)15-7/h2-3,5H,4,12H2,1H3,(H,13,14)(H,15,17). The van der Waals surface area contributed by atoms with Crippen molar-refractivity contribution in [3.63, 3.8) is 0 Å². The average molecular weight is 280 g/mol. The molecule has 2 heterocycles. The van der Waals surface area contributed by atoms with E-state index in [9.17, 15) is 9.59 Å². The summed E-state index contributed by atoms with van der Waals surface area (Å²) >= 11 is 1.07. The van der Waals surface area contributed by atoms with Gasteiger partial charge in [0.05, 0.1) is 25.5 Å². The third-order valence-electron chi connectivity index (χ3n) is 2.33. The zero-order valence-electron chi connectivity index (χ0n) is 10.1. The summed E-state index contributed by atoms with van der Waals surface area (Å²) in [4.78, 5) is 29.2. The number of pyridine rings is 1. The molecule has 2 aromatic rings. The lowest BCUT2D eigenvalue weighted by atomic mass is 10.2. The molecular weight excluding hydrogens is 268 g/mol. The van der Waals surface area contributed by atoms with Crippen LogP contribution in [-0.2, 0) is 11.3 Å². The first-order valence-corrected chi connectivity index (χ1v) is 6.22. The van der Waals surface area contributed by atoms with Crippen LogP contribution in [0.4, 0.5) is 11.5 Å². The maximum absolute atomic E-state index is 11.6. The fraction of sp³-hybridized carbons (Fsp3) is 0.182. The highest BCUT2D eigenvalue weighted by atomic mass is 32.1. The highest BCUT2D eigenvalue weighted by molar-refractivity contribution is 7.07. The molecule has 0 bridgehead atoms. The third-order valence-corrected chi connectivity index (χ3v) is 3.05. The van der Waals surface area contributed by atoms with E-state index in [4.69, 9.17) is 5.73 Å². The van der Waals surface area contributed by atoms with Crippen LogP contribution in [0.25, 0.3) is 0 Å². The molecule has 2 rings (SSSR count). The number of anilines is 2. The van der Waals surface area contributed by atoms with Crippen LogP contribution in [0.5, 0.6) is 0 Å². The highest BCUT2D eigenvalue weighted by Gasteiger charge is 2.13. The number of hydrogen-bond acceptors (Lipinski definition) is 7. The minimum atomic E-state index is -0.527. The molecule has 0 atom stereocenters. The van der Waals surface area contributed by atoms with Crippen molar-refractivity contribution in [1.82, 2.24) is 9.97 Å². The number of carbonyl (C=O) groups excluding carboxylic acids is 1. The van der Waals surface area contributed by atoms with E-state index in [1.807, 2.05) is 0 Å². The molecule has 19 heavy (non-hydrogen) atoms. The van der Waals surface area contributed by atoms with E-state index in [1.54, 1.807) is 5.38 Å². The van der Waals surface area contributed by atoms with Gasteiger partial charge >= 0.3 is 10.8 Å². The van der Waals surface area contributed by atoms with Crippen LogP contribution in [0.3, 0.4) is 0 Å². The summed E-state index contributed by atoms with van der Waals surface area (Å²) in [6, 6.07) is 1.48. The monoisotopic (exact) mass is 280 g/mol. The first kappa shape index (κ1) is 13.1. The zero-order chi connectivity index (χ0) is 13.8. The maximum Gasteiger partial charge on any atom is 0.341 e. The Balaban J connectivity index is 2.19. The minimum Gasteiger partial charge on any atom is -0.465 e. The predicted molar refractivity (Wildman–Crippen MR) is 72.3 cm³/mol. The third kappa shape index (κ3) is 3.10. The fourth-order valence-corrected chi connectivity index (χ4v) is 2.05. The van der Waals surface area contributed by atoms with E-state index in [-0.39, 0.29) is 10.4 Å². The zero-order valence-corrected chi connectivity index (χ0v) is 10.9.